The van der Waals surface area contributed by atoms with Gasteiger partial charge in [-0.15, -0.1) is 0 Å². The minimum absolute atomic E-state index is 0.178. The van der Waals surface area contributed by atoms with Crippen molar-refractivity contribution in [3.05, 3.63) is 30.1 Å². The molecule has 4 aliphatic heterocycles. The summed E-state index contributed by atoms with van der Waals surface area (Å²) in [7, 11) is 0. The summed E-state index contributed by atoms with van der Waals surface area (Å²) in [5.74, 6) is 0.858. The Bertz CT molecular complexity index is 632. The standard InChI is InChI=1S/C20H31FN6/c1-2-22-20(23-15-19-16-24-7-9-26(19)10-8-24)27-13-11-25(12-14-27)18-5-3-17(21)4-6-18/h3-6,19H,2,7-16H2,1H3,(H,22,23). The fourth-order valence-electron chi connectivity index (χ4n) is 4.34. The minimum atomic E-state index is -0.178. The Morgan fingerprint density at radius 3 is 2.33 bits per heavy atom. The number of nitrogens with zero attached hydrogens (tertiary/aromatic N) is 5. The van der Waals surface area contributed by atoms with Crippen molar-refractivity contribution in [2.75, 3.05) is 76.9 Å². The molecule has 1 N–H and O–H groups in total. The lowest BCUT2D eigenvalue weighted by molar-refractivity contribution is 0.0173. The van der Waals surface area contributed by atoms with E-state index in [-0.39, 0.29) is 5.82 Å². The molecule has 148 valence electrons. The first-order valence-electron chi connectivity index (χ1n) is 10.2. The number of halogens is 1. The molecule has 4 heterocycles. The Kier molecular flexibility index (Phi) is 5.78. The third-order valence-electron chi connectivity index (χ3n) is 5.95. The third-order valence-corrected chi connectivity index (χ3v) is 5.95. The van der Waals surface area contributed by atoms with E-state index in [4.69, 9.17) is 4.99 Å². The topological polar surface area (TPSA) is 37.4 Å². The largest absolute Gasteiger partial charge is 0.368 e. The van der Waals surface area contributed by atoms with Crippen LogP contribution >= 0.6 is 0 Å². The highest BCUT2D eigenvalue weighted by molar-refractivity contribution is 5.80. The Balaban J connectivity index is 1.34. The number of piperazine rings is 4. The van der Waals surface area contributed by atoms with Gasteiger partial charge in [0.15, 0.2) is 5.96 Å². The second-order valence-electron chi connectivity index (χ2n) is 7.64. The summed E-state index contributed by atoms with van der Waals surface area (Å²) in [5.41, 5.74) is 1.10. The van der Waals surface area contributed by atoms with E-state index in [0.717, 1.165) is 57.5 Å². The zero-order valence-electron chi connectivity index (χ0n) is 16.3. The molecule has 2 bridgehead atoms. The molecule has 1 aromatic carbocycles. The average molecular weight is 375 g/mol. The Labute approximate surface area is 161 Å². The van der Waals surface area contributed by atoms with Gasteiger partial charge in [0.05, 0.1) is 6.54 Å². The van der Waals surface area contributed by atoms with Crippen LogP contribution in [0.1, 0.15) is 6.92 Å². The molecular weight excluding hydrogens is 343 g/mol. The fraction of sp³-hybridized carbons (Fsp3) is 0.650. The average Bonchev–Trinajstić information content (AvgIpc) is 2.73. The second kappa shape index (κ2) is 8.44. The normalized spacial score (nSPS) is 28.5. The van der Waals surface area contributed by atoms with Crippen LogP contribution in [0.2, 0.25) is 0 Å². The molecule has 0 radical (unpaired) electrons. The smallest absolute Gasteiger partial charge is 0.194 e. The fourth-order valence-corrected chi connectivity index (χ4v) is 4.34. The van der Waals surface area contributed by atoms with Gasteiger partial charge in [0.2, 0.25) is 0 Å². The molecule has 1 atom stereocenters. The number of fused-ring (bicyclic) bond motifs is 3. The summed E-state index contributed by atoms with van der Waals surface area (Å²) < 4.78 is 13.1. The summed E-state index contributed by atoms with van der Waals surface area (Å²) in [4.78, 5) is 14.8. The molecule has 0 spiro atoms. The second-order valence-corrected chi connectivity index (χ2v) is 7.64. The highest BCUT2D eigenvalue weighted by Crippen LogP contribution is 2.18. The molecule has 5 rings (SSSR count). The van der Waals surface area contributed by atoms with Crippen molar-refractivity contribution < 1.29 is 4.39 Å². The summed E-state index contributed by atoms with van der Waals surface area (Å²) in [6.07, 6.45) is 0. The maximum Gasteiger partial charge on any atom is 0.194 e. The number of hydrogen-bond acceptors (Lipinski definition) is 4. The van der Waals surface area contributed by atoms with Crippen molar-refractivity contribution in [3.63, 3.8) is 0 Å². The molecule has 0 saturated carbocycles. The van der Waals surface area contributed by atoms with Gasteiger partial charge in [0.25, 0.3) is 0 Å². The maximum absolute atomic E-state index is 13.1. The zero-order valence-corrected chi connectivity index (χ0v) is 16.3. The van der Waals surface area contributed by atoms with Crippen molar-refractivity contribution in [2.45, 2.75) is 13.0 Å². The van der Waals surface area contributed by atoms with Gasteiger partial charge in [-0.3, -0.25) is 14.8 Å². The van der Waals surface area contributed by atoms with Crippen LogP contribution in [0.5, 0.6) is 0 Å². The van der Waals surface area contributed by atoms with Crippen LogP contribution in [0.15, 0.2) is 29.3 Å². The van der Waals surface area contributed by atoms with Crippen molar-refractivity contribution in [2.24, 2.45) is 4.99 Å². The predicted octanol–water partition coefficient (Wildman–Crippen LogP) is 0.913. The van der Waals surface area contributed by atoms with E-state index < -0.39 is 0 Å². The summed E-state index contributed by atoms with van der Waals surface area (Å²) in [6, 6.07) is 7.37. The van der Waals surface area contributed by atoms with Gasteiger partial charge < -0.3 is 15.1 Å². The lowest BCUT2D eigenvalue weighted by Gasteiger charge is -2.47. The van der Waals surface area contributed by atoms with Crippen molar-refractivity contribution in [1.29, 1.82) is 0 Å². The summed E-state index contributed by atoms with van der Waals surface area (Å²) in [6.45, 7) is 13.6. The molecule has 27 heavy (non-hydrogen) atoms. The quantitative estimate of drug-likeness (QED) is 0.627. The number of benzene rings is 1. The van der Waals surface area contributed by atoms with E-state index in [1.165, 1.54) is 38.3 Å². The van der Waals surface area contributed by atoms with Gasteiger partial charge in [-0.05, 0) is 31.2 Å². The molecule has 4 saturated heterocycles. The van der Waals surface area contributed by atoms with Crippen molar-refractivity contribution in [3.8, 4) is 0 Å². The van der Waals surface area contributed by atoms with Crippen LogP contribution in [0.3, 0.4) is 0 Å². The van der Waals surface area contributed by atoms with E-state index in [0.29, 0.717) is 6.04 Å². The molecule has 7 heteroatoms. The lowest BCUT2D eigenvalue weighted by atomic mass is 10.1. The van der Waals surface area contributed by atoms with Gasteiger partial charge in [0, 0.05) is 77.2 Å². The lowest BCUT2D eigenvalue weighted by Crippen LogP contribution is -2.62. The molecule has 4 aliphatic rings. The van der Waals surface area contributed by atoms with E-state index in [1.807, 2.05) is 12.1 Å². The van der Waals surface area contributed by atoms with E-state index in [1.54, 1.807) is 0 Å². The van der Waals surface area contributed by atoms with Gasteiger partial charge in [0.1, 0.15) is 5.82 Å². The Hall–Kier alpha value is -1.86. The molecule has 0 amide bonds. The highest BCUT2D eigenvalue weighted by Gasteiger charge is 2.31. The Morgan fingerprint density at radius 2 is 1.74 bits per heavy atom. The van der Waals surface area contributed by atoms with Crippen LogP contribution < -0.4 is 10.2 Å². The van der Waals surface area contributed by atoms with E-state index >= 15 is 0 Å². The number of hydrogen-bond donors (Lipinski definition) is 1. The van der Waals surface area contributed by atoms with Crippen molar-refractivity contribution >= 4 is 11.6 Å². The van der Waals surface area contributed by atoms with Crippen LogP contribution in [-0.4, -0.2) is 98.7 Å². The van der Waals surface area contributed by atoms with Crippen LogP contribution in [-0.2, 0) is 0 Å². The van der Waals surface area contributed by atoms with Crippen LogP contribution in [0, 0.1) is 5.82 Å². The molecule has 6 nitrogen and oxygen atoms in total. The van der Waals surface area contributed by atoms with Gasteiger partial charge in [-0.2, -0.15) is 0 Å². The molecular formula is C20H31FN6. The number of nitrogens with one attached hydrogen (secondary N) is 1. The highest BCUT2D eigenvalue weighted by atomic mass is 19.1. The molecule has 4 fully saturated rings. The number of anilines is 1. The van der Waals surface area contributed by atoms with E-state index in [9.17, 15) is 4.39 Å². The number of rotatable bonds is 4. The first-order chi connectivity index (χ1) is 13.2. The summed E-state index contributed by atoms with van der Waals surface area (Å²) >= 11 is 0. The van der Waals surface area contributed by atoms with Crippen molar-refractivity contribution in [1.82, 2.24) is 20.0 Å². The molecule has 0 aromatic heterocycles. The summed E-state index contributed by atoms with van der Waals surface area (Å²) in [5, 5.41) is 3.47. The van der Waals surface area contributed by atoms with Crippen LogP contribution in [0.4, 0.5) is 10.1 Å². The van der Waals surface area contributed by atoms with Gasteiger partial charge in [-0.25, -0.2) is 4.39 Å². The van der Waals surface area contributed by atoms with E-state index in [2.05, 4.69) is 31.8 Å². The minimum Gasteiger partial charge on any atom is -0.368 e. The predicted molar refractivity (Wildman–Crippen MR) is 108 cm³/mol. The molecule has 0 aliphatic carbocycles. The Morgan fingerprint density at radius 1 is 1.04 bits per heavy atom. The van der Waals surface area contributed by atoms with Gasteiger partial charge in [-0.1, -0.05) is 0 Å². The number of aliphatic imine (C=N–C) groups is 1. The number of guanidine groups is 1. The third kappa shape index (κ3) is 4.35. The molecule has 1 aromatic rings. The first-order valence-corrected chi connectivity index (χ1v) is 10.2. The molecule has 1 unspecified atom stereocenters. The maximum atomic E-state index is 13.1. The monoisotopic (exact) mass is 374 g/mol. The van der Waals surface area contributed by atoms with Crippen LogP contribution in [0.25, 0.3) is 0 Å². The first kappa shape index (κ1) is 18.5. The SMILES string of the molecule is CCNC(=NCC1CN2CCN1CC2)N1CCN(c2ccc(F)cc2)CC1. The van der Waals surface area contributed by atoms with Gasteiger partial charge >= 0.3 is 0 Å². The zero-order chi connectivity index (χ0) is 18.6.